The van der Waals surface area contributed by atoms with Crippen LogP contribution in [-0.2, 0) is 103 Å². The molecule has 8 heterocycles. The predicted octanol–water partition coefficient (Wildman–Crippen LogP) is 9.17. The number of hydrogen-bond acceptors (Lipinski definition) is 28. The Balaban J connectivity index is 0.0000198. The molecule has 0 saturated carbocycles. The van der Waals surface area contributed by atoms with Gasteiger partial charge in [0.2, 0.25) is 0 Å². The fourth-order valence-electron chi connectivity index (χ4n) is 21.3. The van der Waals surface area contributed by atoms with E-state index in [9.17, 15) is 20.4 Å². The number of carbonyl (C=O) groups is 2. The summed E-state index contributed by atoms with van der Waals surface area (Å²) >= 11 is 0. The molecule has 8 fully saturated rings. The number of ether oxygens (including phenoxy) is 12. The first-order valence-corrected chi connectivity index (χ1v) is 58.5. The number of rotatable bonds is 22. The van der Waals surface area contributed by atoms with E-state index >= 15 is 9.59 Å². The van der Waals surface area contributed by atoms with Crippen molar-refractivity contribution in [2.75, 3.05) is 42.4 Å². The summed E-state index contributed by atoms with van der Waals surface area (Å²) in [5, 5.41) is 56.2. The first-order valence-electron chi connectivity index (χ1n) is 44.9. The molecule has 8 rings (SSSR count). The van der Waals surface area contributed by atoms with E-state index in [1.54, 1.807) is 55.8 Å². The van der Waals surface area contributed by atoms with Gasteiger partial charge in [0.15, 0.2) is 58.4 Å². The molecule has 0 radical (unpaired) electrons. The third kappa shape index (κ3) is 25.0. The maximum atomic E-state index is 15.9. The Morgan fingerprint density at radius 1 is 0.425 bits per heavy atom. The van der Waals surface area contributed by atoms with Crippen molar-refractivity contribution in [3.63, 3.8) is 0 Å². The standard InChI is InChI=1S/C86H166BN2O26Si4.Na/c1-39-61-85(19,94)73-51(7)65(47(3)43-81(15,92)71(106-79-69(112-116(27,28)29)59(88(21)22)41-49(5)98-79)53(9)67(55(11)77(90)102-61)104-63-45-83(17,96-25)75(57(13)100-63)114-118(33,34)35)108-87(110-73)109-66-48(4)44-82(16,93)72(107-80-70(113-117(30,31)32)60(89(23)24)42-50(6)99-80)54(10)68(56(12)78(91)103-62(40-2)86(20,95)74(111-87)52(66)8)105-64-46-84(18,97-26)76(58(14)101-64)115-119(36,37)38;/h47-76,79-80,92-95H,39-46H2,1-38H3;/q-1;+1/t47-,48-,49-,50-,51-,52-,53+,54+,55-,56-,57+,58+,59+,60+,61-,62-,63+,64+,65+,66+,67-,68+,69-,70-,71-,72-,73-,74-,75+,76+,79+,80+,81-,82-,83-,84-,85-,86-,87?;/m1./s1. The Bertz CT molecular complexity index is 3070. The fraction of sp³-hybridized carbons (Fsp3) is 0.977. The summed E-state index contributed by atoms with van der Waals surface area (Å²) in [4.78, 5) is 36.0. The summed E-state index contributed by atoms with van der Waals surface area (Å²) in [6.07, 6.45) is -18.4. The Kier molecular flexibility index (Phi) is 36.1. The molecule has 28 nitrogen and oxygen atoms in total. The van der Waals surface area contributed by atoms with Crippen molar-refractivity contribution in [1.82, 2.24) is 9.80 Å². The van der Waals surface area contributed by atoms with Gasteiger partial charge in [0, 0.05) is 75.0 Å². The molecule has 0 aromatic heterocycles. The summed E-state index contributed by atoms with van der Waals surface area (Å²) in [6, 6.07) is -0.354. The normalized spacial score (nSPS) is 48.0. The Labute approximate surface area is 748 Å². The molecule has 4 N–H and O–H groups in total. The number of fused-ring (bicyclic) bond motifs is 4. The molecule has 34 heteroatoms. The molecule has 8 aliphatic heterocycles. The van der Waals surface area contributed by atoms with Crippen molar-refractivity contribution in [3.8, 4) is 0 Å². The van der Waals surface area contributed by atoms with E-state index in [2.05, 4.69) is 88.4 Å². The summed E-state index contributed by atoms with van der Waals surface area (Å²) in [6.45, 7) is 58.7. The number of likely N-dealkylation sites (N-methyl/N-ethyl adjacent to an activating group) is 2. The van der Waals surface area contributed by atoms with Crippen molar-refractivity contribution in [2.24, 2.45) is 47.3 Å². The van der Waals surface area contributed by atoms with Gasteiger partial charge in [0.25, 0.3) is 0 Å². The van der Waals surface area contributed by atoms with Crippen LogP contribution in [0.5, 0.6) is 0 Å². The van der Waals surface area contributed by atoms with Crippen LogP contribution in [0.15, 0.2) is 0 Å². The average molecular weight is 1790 g/mol. The van der Waals surface area contributed by atoms with Gasteiger partial charge in [0.05, 0.1) is 107 Å². The number of nitrogens with zero attached hydrogens (tertiary/aromatic N) is 2. The van der Waals surface area contributed by atoms with E-state index < -0.39 is 256 Å². The molecule has 120 heavy (non-hydrogen) atoms. The number of methoxy groups -OCH3 is 2. The number of esters is 2. The molecule has 0 aromatic rings. The summed E-state index contributed by atoms with van der Waals surface area (Å²) in [5.74, 6) is -8.60. The second-order valence-electron chi connectivity index (χ2n) is 43.3. The van der Waals surface area contributed by atoms with Crippen LogP contribution in [0.2, 0.25) is 78.6 Å². The van der Waals surface area contributed by atoms with Gasteiger partial charge in [-0.05, 0) is 240 Å². The second kappa shape index (κ2) is 40.6. The van der Waals surface area contributed by atoms with Gasteiger partial charge in [0.1, 0.15) is 35.6 Å². The molecule has 8 saturated heterocycles. The third-order valence-corrected chi connectivity index (χ3v) is 30.9. The van der Waals surface area contributed by atoms with Gasteiger partial charge in [-0.1, -0.05) is 55.4 Å². The van der Waals surface area contributed by atoms with Crippen LogP contribution in [0.1, 0.15) is 190 Å². The number of carbonyl (C=O) groups excluding carboxylic acids is 2. The van der Waals surface area contributed by atoms with E-state index in [1.165, 1.54) is 0 Å². The minimum Gasteiger partial charge on any atom is -0.516 e. The Morgan fingerprint density at radius 3 is 1.01 bits per heavy atom. The Morgan fingerprint density at radius 2 is 0.733 bits per heavy atom. The van der Waals surface area contributed by atoms with Gasteiger partial charge < -0.3 is 123 Å². The van der Waals surface area contributed by atoms with Crippen LogP contribution in [-0.4, -0.2) is 306 Å². The zero-order valence-corrected chi connectivity index (χ0v) is 87.4. The van der Waals surface area contributed by atoms with E-state index in [-0.39, 0.29) is 92.4 Å². The minimum atomic E-state index is -3.73. The molecule has 1 unspecified atom stereocenters. The molecule has 696 valence electrons. The van der Waals surface area contributed by atoms with Crippen LogP contribution in [0.3, 0.4) is 0 Å². The average Bonchev–Trinajstić information content (AvgIpc) is 0.720. The van der Waals surface area contributed by atoms with Gasteiger partial charge in [-0.3, -0.25) is 9.59 Å². The molecule has 0 aromatic carbocycles. The van der Waals surface area contributed by atoms with E-state index in [4.69, 9.17) is 93.2 Å². The number of aliphatic hydroxyl groups is 4. The molecular formula is C86H166BN2NaO26Si4. The molecular weight excluding hydrogens is 1620 g/mol. The predicted molar refractivity (Wildman–Crippen MR) is 465 cm³/mol. The van der Waals surface area contributed by atoms with Crippen molar-refractivity contribution < 1.29 is 153 Å². The maximum Gasteiger partial charge on any atom is 1.00 e. The van der Waals surface area contributed by atoms with Crippen molar-refractivity contribution in [2.45, 2.75) is 449 Å². The Hall–Kier alpha value is -0.0875. The molecule has 39 atom stereocenters. The quantitative estimate of drug-likeness (QED) is 0.0580. The molecule has 4 bridgehead atoms. The van der Waals surface area contributed by atoms with E-state index in [1.807, 2.05) is 125 Å². The summed E-state index contributed by atoms with van der Waals surface area (Å²) in [7, 11) is 2.21. The first kappa shape index (κ1) is 107. The smallest absolute Gasteiger partial charge is 0.516 e. The second-order valence-corrected chi connectivity index (χ2v) is 61.1. The zero-order valence-electron chi connectivity index (χ0n) is 81.4. The van der Waals surface area contributed by atoms with Crippen molar-refractivity contribution in [1.29, 1.82) is 0 Å². The van der Waals surface area contributed by atoms with Crippen LogP contribution >= 0.6 is 0 Å². The van der Waals surface area contributed by atoms with Crippen LogP contribution in [0.4, 0.5) is 0 Å². The van der Waals surface area contributed by atoms with Crippen molar-refractivity contribution >= 4 is 52.2 Å². The van der Waals surface area contributed by atoms with Crippen LogP contribution in [0, 0.1) is 47.3 Å². The molecule has 0 amide bonds. The number of hydrogen-bond donors (Lipinski definition) is 4. The molecule has 1 spiro atoms. The maximum absolute atomic E-state index is 15.9. The fourth-order valence-corrected chi connectivity index (χ4v) is 25.9. The largest absolute Gasteiger partial charge is 1.00 e. The molecule has 0 aliphatic carbocycles. The van der Waals surface area contributed by atoms with Crippen molar-refractivity contribution in [3.05, 3.63) is 0 Å². The SMILES string of the molecule is CC[C@H]1OC(=O)[C@H](C)[C@H](O[C@H]2C[C@@](C)(OC)[C@@H](O[Si](C)(C)C)[C@H](C)O2)[C@H](C)[C@@H](O[C@@H]2O[C@H](C)C[C@H](N(C)C)[C@H]2O[Si](C)(C)C)[C@](C)(O)C[C@@H](C)[C@@H]2O[B-]3(O[C@@H]4[C@@H](C)[C@@H](O3)[C@](C)(O)[C@@H](CC)OC(=O)[C@H](C)[C@@H](O[C@H]3C[C@@](C)(OC)[C@@H](O[Si](C)(C)C)[C@H](C)O3)[C@H](C)[C@@H](O[C@@H]3O[C@H](C)C[C@H](N(C)C)[C@H]3O[Si](C)(C)C)[C@](C)(O)C[C@H]4C)O[C@H]([C@@H]2C)[C@]1(C)O.[Na+]. The van der Waals surface area contributed by atoms with Gasteiger partial charge in [-0.15, -0.1) is 0 Å². The zero-order chi connectivity index (χ0) is 90.1. The minimum absolute atomic E-state index is 0. The number of cyclic esters (lactones) is 2. The van der Waals surface area contributed by atoms with Crippen LogP contribution in [0.25, 0.3) is 0 Å². The van der Waals surface area contributed by atoms with Gasteiger partial charge in [-0.25, -0.2) is 0 Å². The first-order chi connectivity index (χ1) is 54.3. The summed E-state index contributed by atoms with van der Waals surface area (Å²) < 4.78 is 141. The summed E-state index contributed by atoms with van der Waals surface area (Å²) in [5.41, 5.74) is -9.79. The topological polar surface area (TPSA) is 306 Å². The van der Waals surface area contributed by atoms with E-state index in [0.717, 1.165) is 0 Å². The monoisotopic (exact) mass is 1790 g/mol. The molecule has 8 aliphatic rings. The van der Waals surface area contributed by atoms with E-state index in [0.29, 0.717) is 12.8 Å². The van der Waals surface area contributed by atoms with Crippen LogP contribution < -0.4 is 29.6 Å². The third-order valence-electron chi connectivity index (χ3n) is 27.0. The van der Waals surface area contributed by atoms with Gasteiger partial charge in [-0.2, -0.15) is 0 Å². The van der Waals surface area contributed by atoms with Gasteiger partial charge >= 0.3 is 48.5 Å².